The summed E-state index contributed by atoms with van der Waals surface area (Å²) >= 11 is 0. The SMILES string of the molecule is COc1cc(/C=C(/C#N)C(=O)OCc2ccccc2)ccc1O. The van der Waals surface area contributed by atoms with Crippen molar-refractivity contribution in [2.75, 3.05) is 7.11 Å². The van der Waals surface area contributed by atoms with E-state index in [9.17, 15) is 9.90 Å². The third-order valence-electron chi connectivity index (χ3n) is 3.07. The van der Waals surface area contributed by atoms with Crippen LogP contribution in [-0.4, -0.2) is 18.2 Å². The molecule has 116 valence electrons. The molecule has 0 fully saturated rings. The molecule has 2 aromatic rings. The Bertz CT molecular complexity index is 760. The average Bonchev–Trinajstić information content (AvgIpc) is 2.59. The maximum Gasteiger partial charge on any atom is 0.349 e. The molecular weight excluding hydrogens is 294 g/mol. The number of phenolic OH excluding ortho intramolecular Hbond substituents is 1. The first-order chi connectivity index (χ1) is 11.1. The number of benzene rings is 2. The molecule has 0 radical (unpaired) electrons. The van der Waals surface area contributed by atoms with Gasteiger partial charge >= 0.3 is 5.97 Å². The zero-order valence-corrected chi connectivity index (χ0v) is 12.5. The van der Waals surface area contributed by atoms with Gasteiger partial charge in [-0.15, -0.1) is 0 Å². The van der Waals surface area contributed by atoms with Crippen LogP contribution in [0.5, 0.6) is 11.5 Å². The predicted octanol–water partition coefficient (Wildman–Crippen LogP) is 3.05. The molecule has 0 atom stereocenters. The molecule has 5 heteroatoms. The second-order valence-corrected chi connectivity index (χ2v) is 4.66. The standard InChI is InChI=1S/C18H15NO4/c1-22-17-10-14(7-8-16(17)20)9-15(11-19)18(21)23-12-13-5-3-2-4-6-13/h2-10,20H,12H2,1H3/b15-9-. The topological polar surface area (TPSA) is 79.5 Å². The molecule has 0 bridgehead atoms. The van der Waals surface area contributed by atoms with E-state index in [2.05, 4.69) is 0 Å². The fraction of sp³-hybridized carbons (Fsp3) is 0.111. The van der Waals surface area contributed by atoms with Crippen LogP contribution in [-0.2, 0) is 16.1 Å². The Hall–Kier alpha value is -3.26. The molecule has 2 aromatic carbocycles. The molecule has 0 aromatic heterocycles. The maximum atomic E-state index is 12.0. The van der Waals surface area contributed by atoms with Gasteiger partial charge < -0.3 is 14.6 Å². The van der Waals surface area contributed by atoms with Crippen molar-refractivity contribution < 1.29 is 19.4 Å². The highest BCUT2D eigenvalue weighted by Crippen LogP contribution is 2.27. The van der Waals surface area contributed by atoms with E-state index in [1.807, 2.05) is 36.4 Å². The molecule has 0 aliphatic carbocycles. The Balaban J connectivity index is 2.12. The normalized spacial score (nSPS) is 10.7. The molecule has 23 heavy (non-hydrogen) atoms. The van der Waals surface area contributed by atoms with Gasteiger partial charge in [-0.3, -0.25) is 0 Å². The monoisotopic (exact) mass is 309 g/mol. The summed E-state index contributed by atoms with van der Waals surface area (Å²) in [7, 11) is 1.42. The van der Waals surface area contributed by atoms with Crippen LogP contribution in [0.1, 0.15) is 11.1 Å². The molecule has 2 rings (SSSR count). The van der Waals surface area contributed by atoms with E-state index in [1.54, 1.807) is 6.07 Å². The quantitative estimate of drug-likeness (QED) is 0.521. The Labute approximate surface area is 134 Å². The zero-order chi connectivity index (χ0) is 16.7. The molecule has 0 spiro atoms. The van der Waals surface area contributed by atoms with Gasteiger partial charge in [0.05, 0.1) is 7.11 Å². The van der Waals surface area contributed by atoms with Crippen molar-refractivity contribution in [1.29, 1.82) is 5.26 Å². The number of rotatable bonds is 5. The number of esters is 1. The van der Waals surface area contributed by atoms with Crippen molar-refractivity contribution in [1.82, 2.24) is 0 Å². The molecule has 0 amide bonds. The Kier molecular flexibility index (Phi) is 5.37. The minimum absolute atomic E-state index is 0.0187. The number of nitriles is 1. The average molecular weight is 309 g/mol. The lowest BCUT2D eigenvalue weighted by molar-refractivity contribution is -0.139. The number of carbonyl (C=O) groups is 1. The number of carbonyl (C=O) groups excluding carboxylic acids is 1. The summed E-state index contributed by atoms with van der Waals surface area (Å²) in [5, 5.41) is 18.7. The summed E-state index contributed by atoms with van der Waals surface area (Å²) in [5.74, 6) is -0.466. The number of methoxy groups -OCH3 is 1. The summed E-state index contributed by atoms with van der Waals surface area (Å²) in [5.41, 5.74) is 1.26. The predicted molar refractivity (Wildman–Crippen MR) is 84.5 cm³/mol. The molecule has 0 aliphatic heterocycles. The van der Waals surface area contributed by atoms with E-state index in [4.69, 9.17) is 14.7 Å². The fourth-order valence-corrected chi connectivity index (χ4v) is 1.89. The molecular formula is C18H15NO4. The highest BCUT2D eigenvalue weighted by Gasteiger charge is 2.11. The fourth-order valence-electron chi connectivity index (χ4n) is 1.89. The van der Waals surface area contributed by atoms with Crippen molar-refractivity contribution in [3.8, 4) is 17.6 Å². The maximum absolute atomic E-state index is 12.0. The largest absolute Gasteiger partial charge is 0.504 e. The number of aromatic hydroxyl groups is 1. The van der Waals surface area contributed by atoms with E-state index in [-0.39, 0.29) is 23.7 Å². The molecule has 0 saturated carbocycles. The Morgan fingerprint density at radius 2 is 2.00 bits per heavy atom. The lowest BCUT2D eigenvalue weighted by atomic mass is 10.1. The number of phenols is 1. The highest BCUT2D eigenvalue weighted by atomic mass is 16.5. The molecule has 0 unspecified atom stereocenters. The molecule has 0 heterocycles. The minimum Gasteiger partial charge on any atom is -0.504 e. The summed E-state index contributed by atoms with van der Waals surface area (Å²) in [6.07, 6.45) is 1.38. The van der Waals surface area contributed by atoms with Crippen LogP contribution >= 0.6 is 0 Å². The minimum atomic E-state index is -0.705. The van der Waals surface area contributed by atoms with Gasteiger partial charge in [0.1, 0.15) is 18.2 Å². The van der Waals surface area contributed by atoms with Crippen molar-refractivity contribution in [3.05, 3.63) is 65.2 Å². The van der Waals surface area contributed by atoms with Gasteiger partial charge in [-0.05, 0) is 29.3 Å². The number of ether oxygens (including phenoxy) is 2. The van der Waals surface area contributed by atoms with E-state index in [0.29, 0.717) is 5.56 Å². The van der Waals surface area contributed by atoms with E-state index < -0.39 is 5.97 Å². The molecule has 1 N–H and O–H groups in total. The van der Waals surface area contributed by atoms with Crippen LogP contribution in [0.25, 0.3) is 6.08 Å². The van der Waals surface area contributed by atoms with E-state index in [1.165, 1.54) is 25.3 Å². The summed E-state index contributed by atoms with van der Waals surface area (Å²) < 4.78 is 10.1. The number of hydrogen-bond acceptors (Lipinski definition) is 5. The second kappa shape index (κ2) is 7.66. The summed E-state index contributed by atoms with van der Waals surface area (Å²) in [4.78, 5) is 12.0. The highest BCUT2D eigenvalue weighted by molar-refractivity contribution is 5.97. The number of hydrogen-bond donors (Lipinski definition) is 1. The van der Waals surface area contributed by atoms with Crippen molar-refractivity contribution >= 4 is 12.0 Å². The summed E-state index contributed by atoms with van der Waals surface area (Å²) in [6, 6.07) is 15.5. The Morgan fingerprint density at radius 1 is 1.26 bits per heavy atom. The molecule has 0 aliphatic rings. The first kappa shape index (κ1) is 16.1. The smallest absolute Gasteiger partial charge is 0.349 e. The van der Waals surface area contributed by atoms with Gasteiger partial charge in [0.2, 0.25) is 0 Å². The van der Waals surface area contributed by atoms with Crippen LogP contribution in [0.2, 0.25) is 0 Å². The van der Waals surface area contributed by atoms with Gasteiger partial charge in [-0.25, -0.2) is 4.79 Å². The van der Waals surface area contributed by atoms with Crippen LogP contribution in [0.15, 0.2) is 54.1 Å². The first-order valence-corrected chi connectivity index (χ1v) is 6.84. The van der Waals surface area contributed by atoms with Crippen molar-refractivity contribution in [2.24, 2.45) is 0 Å². The van der Waals surface area contributed by atoms with Crippen molar-refractivity contribution in [3.63, 3.8) is 0 Å². The number of nitrogens with zero attached hydrogens (tertiary/aromatic N) is 1. The second-order valence-electron chi connectivity index (χ2n) is 4.66. The van der Waals surface area contributed by atoms with Gasteiger partial charge in [0, 0.05) is 0 Å². The van der Waals surface area contributed by atoms with Gasteiger partial charge in [0.25, 0.3) is 0 Å². The van der Waals surface area contributed by atoms with Gasteiger partial charge in [-0.1, -0.05) is 36.4 Å². The third kappa shape index (κ3) is 4.35. The Morgan fingerprint density at radius 3 is 2.65 bits per heavy atom. The first-order valence-electron chi connectivity index (χ1n) is 6.84. The van der Waals surface area contributed by atoms with E-state index >= 15 is 0 Å². The van der Waals surface area contributed by atoms with E-state index in [0.717, 1.165) is 5.56 Å². The lowest BCUT2D eigenvalue weighted by Crippen LogP contribution is -2.06. The van der Waals surface area contributed by atoms with Crippen LogP contribution in [0, 0.1) is 11.3 Å². The summed E-state index contributed by atoms with van der Waals surface area (Å²) in [6.45, 7) is 0.0948. The zero-order valence-electron chi connectivity index (χ0n) is 12.5. The molecule has 0 saturated heterocycles. The third-order valence-corrected chi connectivity index (χ3v) is 3.07. The molecule has 5 nitrogen and oxygen atoms in total. The van der Waals surface area contributed by atoms with Crippen LogP contribution < -0.4 is 4.74 Å². The van der Waals surface area contributed by atoms with Gasteiger partial charge in [-0.2, -0.15) is 5.26 Å². The van der Waals surface area contributed by atoms with Gasteiger partial charge in [0.15, 0.2) is 11.5 Å². The van der Waals surface area contributed by atoms with Crippen molar-refractivity contribution in [2.45, 2.75) is 6.61 Å². The van der Waals surface area contributed by atoms with Crippen LogP contribution in [0.4, 0.5) is 0 Å². The lowest BCUT2D eigenvalue weighted by Gasteiger charge is -2.05. The van der Waals surface area contributed by atoms with Crippen LogP contribution in [0.3, 0.4) is 0 Å².